The maximum absolute atomic E-state index is 13.4. The number of hydrogen-bond donors (Lipinski definition) is 2. The molecule has 1 fully saturated rings. The number of amides is 1. The van der Waals surface area contributed by atoms with Gasteiger partial charge in [0, 0.05) is 18.5 Å². The Morgan fingerprint density at radius 3 is 2.61 bits per heavy atom. The Morgan fingerprint density at radius 2 is 1.86 bits per heavy atom. The number of likely N-dealkylation sites (tertiary alicyclic amines) is 1. The molecule has 7 nitrogen and oxygen atoms in total. The molecule has 3 aromatic rings. The van der Waals surface area contributed by atoms with Crippen LogP contribution in [0, 0.1) is 0 Å². The van der Waals surface area contributed by atoms with Crippen LogP contribution in [-0.4, -0.2) is 39.5 Å². The third kappa shape index (κ3) is 4.17. The number of ether oxygens (including phenoxy) is 2. The summed E-state index contributed by atoms with van der Waals surface area (Å²) < 4.78 is 11.3. The lowest BCUT2D eigenvalue weighted by Gasteiger charge is -2.26. The number of phenols is 1. The lowest BCUT2D eigenvalue weighted by molar-refractivity contribution is -0.140. The third-order valence-electron chi connectivity index (χ3n) is 6.50. The molecule has 36 heavy (non-hydrogen) atoms. The van der Waals surface area contributed by atoms with Gasteiger partial charge < -0.3 is 24.6 Å². The second-order valence-corrected chi connectivity index (χ2v) is 9.03. The molecule has 3 aromatic carbocycles. The summed E-state index contributed by atoms with van der Waals surface area (Å²) in [5.41, 5.74) is 2.77. The lowest BCUT2D eigenvalue weighted by atomic mass is 9.94. The van der Waals surface area contributed by atoms with Crippen LogP contribution in [0.2, 0.25) is 0 Å². The van der Waals surface area contributed by atoms with E-state index in [0.29, 0.717) is 24.2 Å². The average molecular weight is 486 g/mol. The van der Waals surface area contributed by atoms with Gasteiger partial charge in [-0.2, -0.15) is 0 Å². The van der Waals surface area contributed by atoms with Crippen LogP contribution in [0.4, 0.5) is 0 Å². The quantitative estimate of drug-likeness (QED) is 0.298. The number of nitrogens with zero attached hydrogens (tertiary/aromatic N) is 1. The lowest BCUT2D eigenvalue weighted by Crippen LogP contribution is -2.29. The smallest absolute Gasteiger partial charge is 0.295 e. The summed E-state index contributed by atoms with van der Waals surface area (Å²) in [5.74, 6) is -0.765. The SMILES string of the molecule is CCOc1cc([C@H]2C(=C(O)c3ccc4c(c3)C[C@@H](C)O4)C(=O)C(=O)N2Cc2ccccc2)ccc1O. The molecule has 2 aliphatic heterocycles. The zero-order chi connectivity index (χ0) is 25.4. The first kappa shape index (κ1) is 23.5. The van der Waals surface area contributed by atoms with E-state index in [1.165, 1.54) is 11.0 Å². The Kier molecular flexibility index (Phi) is 6.14. The zero-order valence-electron chi connectivity index (χ0n) is 20.1. The van der Waals surface area contributed by atoms with Crippen molar-refractivity contribution in [2.24, 2.45) is 0 Å². The van der Waals surface area contributed by atoms with Crippen molar-refractivity contribution >= 4 is 17.4 Å². The minimum atomic E-state index is -0.867. The van der Waals surface area contributed by atoms with Gasteiger partial charge in [-0.1, -0.05) is 36.4 Å². The van der Waals surface area contributed by atoms with Crippen LogP contribution in [0.5, 0.6) is 17.2 Å². The maximum Gasteiger partial charge on any atom is 0.295 e. The van der Waals surface area contributed by atoms with E-state index in [1.807, 2.05) is 37.3 Å². The van der Waals surface area contributed by atoms with Crippen molar-refractivity contribution in [2.45, 2.75) is 39.0 Å². The molecule has 7 heteroatoms. The van der Waals surface area contributed by atoms with Crippen molar-refractivity contribution in [3.63, 3.8) is 0 Å². The molecule has 2 heterocycles. The molecule has 0 spiro atoms. The first-order valence-electron chi connectivity index (χ1n) is 12.0. The fraction of sp³-hybridized carbons (Fsp3) is 0.241. The minimum absolute atomic E-state index is 0.00372. The monoisotopic (exact) mass is 485 g/mol. The summed E-state index contributed by atoms with van der Waals surface area (Å²) in [6, 6.07) is 18.5. The van der Waals surface area contributed by atoms with Gasteiger partial charge in [-0.15, -0.1) is 0 Å². The Morgan fingerprint density at radius 1 is 1.08 bits per heavy atom. The topological polar surface area (TPSA) is 96.3 Å². The first-order chi connectivity index (χ1) is 17.4. The molecule has 2 N–H and O–H groups in total. The minimum Gasteiger partial charge on any atom is -0.507 e. The number of carbonyl (C=O) groups excluding carboxylic acids is 2. The Balaban J connectivity index is 1.65. The number of rotatable bonds is 6. The number of Topliss-reactive ketones (excluding diaryl/α,β-unsaturated/α-hetero) is 1. The van der Waals surface area contributed by atoms with Crippen molar-refractivity contribution in [1.29, 1.82) is 0 Å². The summed E-state index contributed by atoms with van der Waals surface area (Å²) in [6.45, 7) is 4.27. The molecule has 0 bridgehead atoms. The van der Waals surface area contributed by atoms with E-state index in [9.17, 15) is 19.8 Å². The molecule has 0 aliphatic carbocycles. The van der Waals surface area contributed by atoms with Crippen molar-refractivity contribution in [3.05, 3.63) is 94.6 Å². The summed E-state index contributed by atoms with van der Waals surface area (Å²) in [4.78, 5) is 28.1. The van der Waals surface area contributed by atoms with Gasteiger partial charge in [0.05, 0.1) is 18.2 Å². The van der Waals surface area contributed by atoms with Crippen LogP contribution in [0.3, 0.4) is 0 Å². The number of hydrogen-bond acceptors (Lipinski definition) is 6. The van der Waals surface area contributed by atoms with Gasteiger partial charge in [0.25, 0.3) is 11.7 Å². The van der Waals surface area contributed by atoms with E-state index >= 15 is 0 Å². The van der Waals surface area contributed by atoms with Crippen LogP contribution >= 0.6 is 0 Å². The fourth-order valence-corrected chi connectivity index (χ4v) is 4.87. The first-order valence-corrected chi connectivity index (χ1v) is 12.0. The molecular formula is C29H27NO6. The Bertz CT molecular complexity index is 1360. The van der Waals surface area contributed by atoms with Gasteiger partial charge in [0.15, 0.2) is 11.5 Å². The molecule has 0 radical (unpaired) electrons. The summed E-state index contributed by atoms with van der Waals surface area (Å²) in [6.07, 6.45) is 0.723. The highest BCUT2D eigenvalue weighted by Gasteiger charge is 2.46. The highest BCUT2D eigenvalue weighted by Crippen LogP contribution is 2.43. The maximum atomic E-state index is 13.4. The van der Waals surface area contributed by atoms with E-state index < -0.39 is 17.7 Å². The standard InChI is InChI=1S/C29H27NO6/c1-3-35-24-15-19(9-11-22(24)31)26-25(27(32)20-10-12-23-21(14-20)13-17(2)36-23)28(33)29(34)30(26)16-18-7-5-4-6-8-18/h4-12,14-15,17,26,31-32H,3,13,16H2,1-2H3/t17-,26+/m1/s1. The van der Waals surface area contributed by atoms with E-state index in [4.69, 9.17) is 9.47 Å². The predicted octanol–water partition coefficient (Wildman–Crippen LogP) is 4.74. The average Bonchev–Trinajstić information content (AvgIpc) is 3.37. The van der Waals surface area contributed by atoms with Crippen molar-refractivity contribution in [2.75, 3.05) is 6.61 Å². The van der Waals surface area contributed by atoms with Crippen LogP contribution in [0.1, 0.15) is 42.1 Å². The third-order valence-corrected chi connectivity index (χ3v) is 6.50. The zero-order valence-corrected chi connectivity index (χ0v) is 20.1. The molecule has 0 saturated carbocycles. The number of aliphatic hydroxyl groups is 1. The van der Waals surface area contributed by atoms with E-state index in [1.54, 1.807) is 37.3 Å². The largest absolute Gasteiger partial charge is 0.507 e. The Labute approximate surface area is 209 Å². The number of phenolic OH excluding ortho intramolecular Hbond substituents is 1. The van der Waals surface area contributed by atoms with Crippen molar-refractivity contribution in [3.8, 4) is 17.2 Å². The molecule has 184 valence electrons. The normalized spacial score (nSPS) is 20.3. The van der Waals surface area contributed by atoms with Crippen molar-refractivity contribution < 1.29 is 29.3 Å². The number of ketones is 1. The number of aliphatic hydroxyl groups excluding tert-OH is 1. The molecule has 2 atom stereocenters. The van der Waals surface area contributed by atoms with Crippen LogP contribution in [-0.2, 0) is 22.6 Å². The molecule has 0 aromatic heterocycles. The number of carbonyl (C=O) groups is 2. The van der Waals surface area contributed by atoms with Gasteiger partial charge in [-0.3, -0.25) is 9.59 Å². The van der Waals surface area contributed by atoms with Gasteiger partial charge in [-0.25, -0.2) is 0 Å². The van der Waals surface area contributed by atoms with Gasteiger partial charge in [0.2, 0.25) is 0 Å². The van der Waals surface area contributed by atoms with Crippen LogP contribution in [0.25, 0.3) is 5.76 Å². The summed E-state index contributed by atoms with van der Waals surface area (Å²) >= 11 is 0. The van der Waals surface area contributed by atoms with E-state index in [-0.39, 0.29) is 35.5 Å². The van der Waals surface area contributed by atoms with Gasteiger partial charge >= 0.3 is 0 Å². The summed E-state index contributed by atoms with van der Waals surface area (Å²) in [5, 5.41) is 21.6. The molecule has 0 unspecified atom stereocenters. The molecule has 5 rings (SSSR count). The number of benzene rings is 3. The molecule has 1 saturated heterocycles. The molecule has 2 aliphatic rings. The highest BCUT2D eigenvalue weighted by atomic mass is 16.5. The van der Waals surface area contributed by atoms with Crippen LogP contribution < -0.4 is 9.47 Å². The van der Waals surface area contributed by atoms with Gasteiger partial charge in [-0.05, 0) is 60.9 Å². The number of aromatic hydroxyl groups is 1. The predicted molar refractivity (Wildman–Crippen MR) is 134 cm³/mol. The second-order valence-electron chi connectivity index (χ2n) is 9.03. The van der Waals surface area contributed by atoms with Crippen LogP contribution in [0.15, 0.2) is 72.3 Å². The van der Waals surface area contributed by atoms with E-state index in [0.717, 1.165) is 16.9 Å². The number of fused-ring (bicyclic) bond motifs is 1. The second kappa shape index (κ2) is 9.41. The molecular weight excluding hydrogens is 458 g/mol. The van der Waals surface area contributed by atoms with E-state index in [2.05, 4.69) is 0 Å². The van der Waals surface area contributed by atoms with Crippen molar-refractivity contribution in [1.82, 2.24) is 4.90 Å². The summed E-state index contributed by atoms with van der Waals surface area (Å²) in [7, 11) is 0. The van der Waals surface area contributed by atoms with Gasteiger partial charge in [0.1, 0.15) is 17.6 Å². The fourth-order valence-electron chi connectivity index (χ4n) is 4.87. The highest BCUT2D eigenvalue weighted by molar-refractivity contribution is 6.46. The molecule has 1 amide bonds. The Hall–Kier alpha value is -4.26.